The highest BCUT2D eigenvalue weighted by molar-refractivity contribution is 5.85. The Morgan fingerprint density at radius 3 is 2.19 bits per heavy atom. The largest absolute Gasteiger partial charge is 0.368 e. The topological polar surface area (TPSA) is 153 Å². The predicted molar refractivity (Wildman–Crippen MR) is 79.2 cm³/mol. The lowest BCUT2D eigenvalue weighted by atomic mass is 10.2. The van der Waals surface area contributed by atoms with Gasteiger partial charge in [-0.1, -0.05) is 6.92 Å². The van der Waals surface area contributed by atoms with Crippen LogP contribution in [0.15, 0.2) is 0 Å². The number of nitrogens with one attached hydrogen (secondary N) is 1. The first-order valence-corrected chi connectivity index (χ1v) is 6.54. The van der Waals surface area contributed by atoms with Crippen molar-refractivity contribution in [3.63, 3.8) is 0 Å². The van der Waals surface area contributed by atoms with Crippen LogP contribution in [0.3, 0.4) is 0 Å². The summed E-state index contributed by atoms with van der Waals surface area (Å²) in [7, 11) is 0. The number of hydrazine groups is 1. The van der Waals surface area contributed by atoms with Crippen molar-refractivity contribution in [1.29, 1.82) is 0 Å². The van der Waals surface area contributed by atoms with Crippen molar-refractivity contribution in [3.8, 4) is 0 Å². The molecule has 1 aromatic rings. The van der Waals surface area contributed by atoms with Crippen molar-refractivity contribution in [2.75, 3.05) is 23.4 Å². The maximum Gasteiger partial charge on any atom is 0.237 e. The van der Waals surface area contributed by atoms with Gasteiger partial charge < -0.3 is 21.8 Å². The third-order valence-electron chi connectivity index (χ3n) is 2.77. The van der Waals surface area contributed by atoms with Gasteiger partial charge in [0.2, 0.25) is 11.8 Å². The minimum absolute atomic E-state index is 0.170. The zero-order chi connectivity index (χ0) is 16.0. The maximum absolute atomic E-state index is 11.2. The molecule has 9 nitrogen and oxygen atoms in total. The smallest absolute Gasteiger partial charge is 0.237 e. The number of amides is 2. The van der Waals surface area contributed by atoms with Gasteiger partial charge in [0.1, 0.15) is 17.5 Å². The second-order valence-corrected chi connectivity index (χ2v) is 4.62. The van der Waals surface area contributed by atoms with Crippen molar-refractivity contribution >= 4 is 23.5 Å². The van der Waals surface area contributed by atoms with E-state index < -0.39 is 11.8 Å². The van der Waals surface area contributed by atoms with E-state index in [0.29, 0.717) is 29.4 Å². The van der Waals surface area contributed by atoms with Gasteiger partial charge in [-0.05, 0) is 13.3 Å². The molecular weight excluding hydrogens is 274 g/mol. The predicted octanol–water partition coefficient (Wildman–Crippen LogP) is -1.20. The molecule has 116 valence electrons. The SMILES string of the molecule is CCCc1nc(NN)c(C)c(N(CC(N)=O)CC(N)=O)n1. The van der Waals surface area contributed by atoms with Crippen LogP contribution in [0, 0.1) is 6.92 Å². The number of carbonyl (C=O) groups excluding carboxylic acids is 2. The third kappa shape index (κ3) is 4.56. The third-order valence-corrected chi connectivity index (χ3v) is 2.77. The Balaban J connectivity index is 3.29. The van der Waals surface area contributed by atoms with Gasteiger partial charge in [-0.2, -0.15) is 0 Å². The monoisotopic (exact) mass is 295 g/mol. The van der Waals surface area contributed by atoms with Crippen LogP contribution in [0.2, 0.25) is 0 Å². The molecular formula is C12H21N7O2. The highest BCUT2D eigenvalue weighted by Crippen LogP contribution is 2.23. The van der Waals surface area contributed by atoms with Crippen LogP contribution in [0.4, 0.5) is 11.6 Å². The molecule has 9 heteroatoms. The van der Waals surface area contributed by atoms with E-state index in [1.165, 1.54) is 4.90 Å². The summed E-state index contributed by atoms with van der Waals surface area (Å²) in [5, 5.41) is 0. The molecule has 2 amide bonds. The van der Waals surface area contributed by atoms with Crippen LogP contribution < -0.4 is 27.6 Å². The number of primary amides is 2. The molecule has 0 saturated heterocycles. The maximum atomic E-state index is 11.2. The van der Waals surface area contributed by atoms with Gasteiger partial charge in [0.15, 0.2) is 0 Å². The van der Waals surface area contributed by atoms with Gasteiger partial charge in [0.05, 0.1) is 13.1 Å². The summed E-state index contributed by atoms with van der Waals surface area (Å²) < 4.78 is 0. The number of anilines is 2. The summed E-state index contributed by atoms with van der Waals surface area (Å²) in [6.07, 6.45) is 1.49. The molecule has 0 aliphatic heterocycles. The number of carbonyl (C=O) groups is 2. The van der Waals surface area contributed by atoms with E-state index >= 15 is 0 Å². The number of nitrogens with two attached hydrogens (primary N) is 3. The first kappa shape index (κ1) is 16.6. The first-order chi connectivity index (χ1) is 9.88. The molecule has 1 heterocycles. The molecule has 21 heavy (non-hydrogen) atoms. The van der Waals surface area contributed by atoms with Crippen LogP contribution in [-0.4, -0.2) is 34.9 Å². The van der Waals surface area contributed by atoms with Crippen molar-refractivity contribution in [2.45, 2.75) is 26.7 Å². The van der Waals surface area contributed by atoms with Crippen molar-refractivity contribution in [2.24, 2.45) is 17.3 Å². The van der Waals surface area contributed by atoms with Crippen molar-refractivity contribution in [1.82, 2.24) is 9.97 Å². The molecule has 7 N–H and O–H groups in total. The van der Waals surface area contributed by atoms with Crippen LogP contribution in [0.25, 0.3) is 0 Å². The Labute approximate surface area is 122 Å². The highest BCUT2D eigenvalue weighted by atomic mass is 16.2. The number of nitrogen functional groups attached to an aromatic ring is 1. The average Bonchev–Trinajstić information content (AvgIpc) is 2.39. The first-order valence-electron chi connectivity index (χ1n) is 6.54. The zero-order valence-electron chi connectivity index (χ0n) is 12.2. The second-order valence-electron chi connectivity index (χ2n) is 4.62. The Hall–Kier alpha value is -2.42. The zero-order valence-corrected chi connectivity index (χ0v) is 12.2. The molecule has 1 rings (SSSR count). The standard InChI is InChI=1S/C12H21N7O2/c1-3-4-10-16-11(18-15)7(2)12(17-10)19(5-8(13)20)6-9(14)21/h3-6,15H2,1-2H3,(H2,13,20)(H2,14,21)(H,16,17,18). The van der Waals surface area contributed by atoms with Crippen LogP contribution in [-0.2, 0) is 16.0 Å². The summed E-state index contributed by atoms with van der Waals surface area (Å²) in [5.41, 5.74) is 13.5. The molecule has 1 aromatic heterocycles. The van der Waals surface area contributed by atoms with Crippen molar-refractivity contribution < 1.29 is 9.59 Å². The summed E-state index contributed by atoms with van der Waals surface area (Å²) in [6, 6.07) is 0. The normalized spacial score (nSPS) is 10.2. The van der Waals surface area contributed by atoms with Gasteiger partial charge in [-0.15, -0.1) is 0 Å². The Morgan fingerprint density at radius 1 is 1.19 bits per heavy atom. The van der Waals surface area contributed by atoms with Crippen molar-refractivity contribution in [3.05, 3.63) is 11.4 Å². The summed E-state index contributed by atoms with van der Waals surface area (Å²) >= 11 is 0. The van der Waals surface area contributed by atoms with Gasteiger partial charge in [-0.25, -0.2) is 15.8 Å². The van der Waals surface area contributed by atoms with E-state index in [1.54, 1.807) is 6.92 Å². The van der Waals surface area contributed by atoms with Gasteiger partial charge in [0, 0.05) is 12.0 Å². The molecule has 0 atom stereocenters. The van der Waals surface area contributed by atoms with E-state index in [2.05, 4.69) is 15.4 Å². The molecule has 0 unspecified atom stereocenters. The lowest BCUT2D eigenvalue weighted by Crippen LogP contribution is -2.40. The van der Waals surface area contributed by atoms with E-state index in [0.717, 1.165) is 6.42 Å². The van der Waals surface area contributed by atoms with Crippen LogP contribution >= 0.6 is 0 Å². The molecule has 0 spiro atoms. The average molecular weight is 295 g/mol. The molecule has 0 aliphatic carbocycles. The molecule has 0 bridgehead atoms. The van der Waals surface area contributed by atoms with E-state index in [4.69, 9.17) is 17.3 Å². The van der Waals surface area contributed by atoms with E-state index in [-0.39, 0.29) is 13.1 Å². The quantitative estimate of drug-likeness (QED) is 0.347. The number of hydrogen-bond acceptors (Lipinski definition) is 7. The van der Waals surface area contributed by atoms with E-state index in [1.807, 2.05) is 6.92 Å². The number of rotatable bonds is 8. The Bertz CT molecular complexity index is 517. The van der Waals surface area contributed by atoms with Crippen LogP contribution in [0.5, 0.6) is 0 Å². The molecule has 0 aromatic carbocycles. The van der Waals surface area contributed by atoms with Gasteiger partial charge in [0.25, 0.3) is 0 Å². The fraction of sp³-hybridized carbons (Fsp3) is 0.500. The Kier molecular flexibility index (Phi) is 5.85. The lowest BCUT2D eigenvalue weighted by molar-refractivity contribution is -0.117. The fourth-order valence-electron chi connectivity index (χ4n) is 1.92. The van der Waals surface area contributed by atoms with Gasteiger partial charge in [-0.3, -0.25) is 9.59 Å². The molecule has 0 saturated carbocycles. The number of aryl methyl sites for hydroxylation is 1. The number of hydrogen-bond donors (Lipinski definition) is 4. The van der Waals surface area contributed by atoms with Gasteiger partial charge >= 0.3 is 0 Å². The van der Waals surface area contributed by atoms with E-state index in [9.17, 15) is 9.59 Å². The second kappa shape index (κ2) is 7.39. The van der Waals surface area contributed by atoms with Crippen LogP contribution in [0.1, 0.15) is 24.7 Å². The number of nitrogens with zero attached hydrogens (tertiary/aromatic N) is 3. The fourth-order valence-corrected chi connectivity index (χ4v) is 1.92. The summed E-state index contributed by atoms with van der Waals surface area (Å²) in [4.78, 5) is 32.4. The Morgan fingerprint density at radius 2 is 1.76 bits per heavy atom. The summed E-state index contributed by atoms with van der Waals surface area (Å²) in [6.45, 7) is 3.38. The highest BCUT2D eigenvalue weighted by Gasteiger charge is 2.19. The minimum atomic E-state index is -0.589. The summed E-state index contributed by atoms with van der Waals surface area (Å²) in [5.74, 6) is 5.68. The molecule has 0 fully saturated rings. The molecule has 0 radical (unpaired) electrons. The minimum Gasteiger partial charge on any atom is -0.368 e. The molecule has 0 aliphatic rings. The lowest BCUT2D eigenvalue weighted by Gasteiger charge is -2.23. The number of aromatic nitrogens is 2.